The molecule has 0 saturated carbocycles. The standard InChI is InChI=1S/C21H28N4O4/c1-6-28-11-16-23-17-18(25(16)12-21(4,5)27)14-9-7-8-10-15(14)22-19(17)24-20(26)29-13(2)3/h7-10,13,27H,6,11-12H2,1-5H3,(H,22,24,26). The van der Waals surface area contributed by atoms with E-state index in [1.807, 2.05) is 35.8 Å². The van der Waals surface area contributed by atoms with Gasteiger partial charge in [0.25, 0.3) is 0 Å². The number of hydrogen-bond acceptors (Lipinski definition) is 6. The van der Waals surface area contributed by atoms with Gasteiger partial charge in [-0.1, -0.05) is 18.2 Å². The largest absolute Gasteiger partial charge is 0.447 e. The average molecular weight is 400 g/mol. The summed E-state index contributed by atoms with van der Waals surface area (Å²) < 4.78 is 12.7. The highest BCUT2D eigenvalue weighted by Crippen LogP contribution is 2.31. The quantitative estimate of drug-likeness (QED) is 0.625. The van der Waals surface area contributed by atoms with E-state index in [0.717, 1.165) is 10.9 Å². The van der Waals surface area contributed by atoms with E-state index in [2.05, 4.69) is 10.3 Å². The molecule has 156 valence electrons. The molecule has 0 aliphatic rings. The number of hydrogen-bond donors (Lipinski definition) is 2. The number of ether oxygens (including phenoxy) is 2. The van der Waals surface area contributed by atoms with Crippen molar-refractivity contribution in [1.82, 2.24) is 14.5 Å². The van der Waals surface area contributed by atoms with E-state index in [-0.39, 0.29) is 12.7 Å². The zero-order valence-electron chi connectivity index (χ0n) is 17.5. The first kappa shape index (κ1) is 21.0. The Hall–Kier alpha value is -2.71. The molecule has 0 aliphatic heterocycles. The number of nitrogens with one attached hydrogen (secondary N) is 1. The molecule has 2 aromatic heterocycles. The Morgan fingerprint density at radius 3 is 2.66 bits per heavy atom. The lowest BCUT2D eigenvalue weighted by atomic mass is 10.1. The van der Waals surface area contributed by atoms with E-state index in [9.17, 15) is 9.90 Å². The van der Waals surface area contributed by atoms with E-state index in [1.54, 1.807) is 27.7 Å². The van der Waals surface area contributed by atoms with Crippen LogP contribution in [0.5, 0.6) is 0 Å². The highest BCUT2D eigenvalue weighted by Gasteiger charge is 2.24. The summed E-state index contributed by atoms with van der Waals surface area (Å²) in [5.41, 5.74) is 1.05. The Morgan fingerprint density at radius 1 is 1.28 bits per heavy atom. The second kappa shape index (κ2) is 8.34. The van der Waals surface area contributed by atoms with Crippen LogP contribution in [0, 0.1) is 0 Å². The molecule has 29 heavy (non-hydrogen) atoms. The monoisotopic (exact) mass is 400 g/mol. The number of benzene rings is 1. The summed E-state index contributed by atoms with van der Waals surface area (Å²) >= 11 is 0. The molecule has 1 aromatic carbocycles. The summed E-state index contributed by atoms with van der Waals surface area (Å²) in [7, 11) is 0. The van der Waals surface area contributed by atoms with Crippen molar-refractivity contribution < 1.29 is 19.4 Å². The summed E-state index contributed by atoms with van der Waals surface area (Å²) in [5.74, 6) is 0.971. The Labute approximate surface area is 169 Å². The van der Waals surface area contributed by atoms with Gasteiger partial charge in [0.1, 0.15) is 17.9 Å². The predicted molar refractivity (Wildman–Crippen MR) is 112 cm³/mol. The molecule has 3 rings (SSSR count). The van der Waals surface area contributed by atoms with Crippen molar-refractivity contribution in [3.63, 3.8) is 0 Å². The van der Waals surface area contributed by atoms with Crippen LogP contribution in [0.3, 0.4) is 0 Å². The van der Waals surface area contributed by atoms with Gasteiger partial charge in [0, 0.05) is 12.0 Å². The number of pyridine rings is 1. The number of aliphatic hydroxyl groups is 1. The maximum Gasteiger partial charge on any atom is 0.413 e. The van der Waals surface area contributed by atoms with Gasteiger partial charge in [0.2, 0.25) is 0 Å². The molecule has 0 aliphatic carbocycles. The smallest absolute Gasteiger partial charge is 0.413 e. The predicted octanol–water partition coefficient (Wildman–Crippen LogP) is 3.85. The number of fused-ring (bicyclic) bond motifs is 3. The number of nitrogens with zero attached hydrogens (tertiary/aromatic N) is 3. The van der Waals surface area contributed by atoms with Crippen molar-refractivity contribution in [2.24, 2.45) is 0 Å². The Kier molecular flexibility index (Phi) is 6.04. The number of rotatable bonds is 7. The lowest BCUT2D eigenvalue weighted by Crippen LogP contribution is -2.27. The second-order valence-electron chi connectivity index (χ2n) is 7.82. The lowest BCUT2D eigenvalue weighted by Gasteiger charge is -2.20. The molecule has 0 bridgehead atoms. The molecule has 0 fully saturated rings. The van der Waals surface area contributed by atoms with Crippen LogP contribution < -0.4 is 5.32 Å². The van der Waals surface area contributed by atoms with Gasteiger partial charge in [0.05, 0.1) is 29.3 Å². The van der Waals surface area contributed by atoms with Gasteiger partial charge in [-0.2, -0.15) is 0 Å². The van der Waals surface area contributed by atoms with Gasteiger partial charge in [0.15, 0.2) is 5.82 Å². The van der Waals surface area contributed by atoms with Crippen molar-refractivity contribution in [2.75, 3.05) is 11.9 Å². The van der Waals surface area contributed by atoms with Gasteiger partial charge < -0.3 is 19.1 Å². The number of amides is 1. The summed E-state index contributed by atoms with van der Waals surface area (Å²) in [6.45, 7) is 10.1. The molecule has 0 saturated heterocycles. The fourth-order valence-electron chi connectivity index (χ4n) is 3.17. The lowest BCUT2D eigenvalue weighted by molar-refractivity contribution is 0.0582. The first-order chi connectivity index (χ1) is 13.7. The van der Waals surface area contributed by atoms with Crippen molar-refractivity contribution in [3.05, 3.63) is 30.1 Å². The van der Waals surface area contributed by atoms with E-state index in [0.29, 0.717) is 35.8 Å². The van der Waals surface area contributed by atoms with Crippen molar-refractivity contribution in [2.45, 2.75) is 59.5 Å². The zero-order chi connectivity index (χ0) is 21.2. The minimum Gasteiger partial charge on any atom is -0.447 e. The molecule has 2 heterocycles. The number of carbonyl (C=O) groups excluding carboxylic acids is 1. The minimum absolute atomic E-state index is 0.257. The van der Waals surface area contributed by atoms with E-state index >= 15 is 0 Å². The van der Waals surface area contributed by atoms with Crippen LogP contribution in [0.15, 0.2) is 24.3 Å². The van der Waals surface area contributed by atoms with Crippen LogP contribution >= 0.6 is 0 Å². The zero-order valence-corrected chi connectivity index (χ0v) is 17.5. The summed E-state index contributed by atoms with van der Waals surface area (Å²) in [6.07, 6.45) is -0.848. The molecule has 8 nitrogen and oxygen atoms in total. The molecule has 3 aromatic rings. The topological polar surface area (TPSA) is 98.5 Å². The molecule has 2 N–H and O–H groups in total. The minimum atomic E-state index is -0.969. The normalized spacial score (nSPS) is 12.1. The second-order valence-corrected chi connectivity index (χ2v) is 7.82. The van der Waals surface area contributed by atoms with Crippen molar-refractivity contribution >= 4 is 33.8 Å². The van der Waals surface area contributed by atoms with Crippen molar-refractivity contribution in [3.8, 4) is 0 Å². The van der Waals surface area contributed by atoms with E-state index in [4.69, 9.17) is 14.5 Å². The number of anilines is 1. The van der Waals surface area contributed by atoms with Crippen LogP contribution in [0.2, 0.25) is 0 Å². The highest BCUT2D eigenvalue weighted by molar-refractivity contribution is 6.09. The summed E-state index contributed by atoms with van der Waals surface area (Å²) in [5, 5.41) is 14.1. The first-order valence-corrected chi connectivity index (χ1v) is 9.75. The van der Waals surface area contributed by atoms with Gasteiger partial charge >= 0.3 is 6.09 Å². The van der Waals surface area contributed by atoms with Gasteiger partial charge in [-0.3, -0.25) is 5.32 Å². The maximum absolute atomic E-state index is 12.2. The van der Waals surface area contributed by atoms with Crippen LogP contribution in [0.25, 0.3) is 21.9 Å². The number of para-hydroxylation sites is 1. The number of aromatic nitrogens is 3. The molecule has 0 radical (unpaired) electrons. The summed E-state index contributed by atoms with van der Waals surface area (Å²) in [6, 6.07) is 7.63. The maximum atomic E-state index is 12.2. The Balaban J connectivity index is 2.24. The fourth-order valence-corrected chi connectivity index (χ4v) is 3.17. The van der Waals surface area contributed by atoms with Gasteiger partial charge in [-0.05, 0) is 40.7 Å². The third-order valence-electron chi connectivity index (χ3n) is 4.21. The van der Waals surface area contributed by atoms with Gasteiger partial charge in [-0.15, -0.1) is 0 Å². The molecular formula is C21H28N4O4. The van der Waals surface area contributed by atoms with Crippen LogP contribution in [0.4, 0.5) is 10.6 Å². The Bertz CT molecular complexity index is 1020. The Morgan fingerprint density at radius 2 is 2.00 bits per heavy atom. The van der Waals surface area contributed by atoms with Crippen LogP contribution in [-0.2, 0) is 22.6 Å². The fraction of sp³-hybridized carbons (Fsp3) is 0.476. The molecule has 0 unspecified atom stereocenters. The van der Waals surface area contributed by atoms with Gasteiger partial charge in [-0.25, -0.2) is 14.8 Å². The van der Waals surface area contributed by atoms with Crippen LogP contribution in [0.1, 0.15) is 40.4 Å². The first-order valence-electron chi connectivity index (χ1n) is 9.75. The number of carbonyl (C=O) groups is 1. The third-order valence-corrected chi connectivity index (χ3v) is 4.21. The SMILES string of the molecule is CCOCc1nc2c(NC(=O)OC(C)C)nc3ccccc3c2n1CC(C)(C)O. The molecule has 0 atom stereocenters. The average Bonchev–Trinajstić information content (AvgIpc) is 2.96. The van der Waals surface area contributed by atoms with E-state index in [1.165, 1.54) is 0 Å². The van der Waals surface area contributed by atoms with Crippen LogP contribution in [-0.4, -0.2) is 44.0 Å². The third kappa shape index (κ3) is 4.83. The molecule has 0 spiro atoms. The number of imidazole rings is 1. The molecular weight excluding hydrogens is 372 g/mol. The highest BCUT2D eigenvalue weighted by atomic mass is 16.6. The molecule has 8 heteroatoms. The van der Waals surface area contributed by atoms with E-state index < -0.39 is 11.7 Å². The summed E-state index contributed by atoms with van der Waals surface area (Å²) in [4.78, 5) is 21.5. The van der Waals surface area contributed by atoms with Crippen molar-refractivity contribution in [1.29, 1.82) is 0 Å². The molecule has 1 amide bonds.